The summed E-state index contributed by atoms with van der Waals surface area (Å²) >= 11 is 0. The Morgan fingerprint density at radius 1 is 1.19 bits per heavy atom. The predicted octanol–water partition coefficient (Wildman–Crippen LogP) is 4.09. The molecule has 21 heavy (non-hydrogen) atoms. The monoisotopic (exact) mass is 297 g/mol. The maximum atomic E-state index is 13.2. The Kier molecular flexibility index (Phi) is 6.31. The summed E-state index contributed by atoms with van der Waals surface area (Å²) < 4.78 is 26.4. The third-order valence-electron chi connectivity index (χ3n) is 3.28. The molecule has 0 aliphatic carbocycles. The number of benzene rings is 1. The van der Waals surface area contributed by atoms with Crippen LogP contribution in [0.4, 0.5) is 8.78 Å². The molecular formula is C17H25F2NO. The molecule has 0 saturated heterocycles. The molecule has 1 atom stereocenters. The van der Waals surface area contributed by atoms with Crippen molar-refractivity contribution in [2.75, 3.05) is 6.54 Å². The van der Waals surface area contributed by atoms with Crippen molar-refractivity contribution in [2.24, 2.45) is 11.3 Å². The fourth-order valence-electron chi connectivity index (χ4n) is 2.48. The molecule has 0 radical (unpaired) electrons. The van der Waals surface area contributed by atoms with Gasteiger partial charge in [-0.1, -0.05) is 20.8 Å². The summed E-state index contributed by atoms with van der Waals surface area (Å²) in [6.07, 6.45) is 1.83. The van der Waals surface area contributed by atoms with E-state index in [2.05, 4.69) is 26.1 Å². The van der Waals surface area contributed by atoms with E-state index in [1.807, 2.05) is 6.92 Å². The summed E-state index contributed by atoms with van der Waals surface area (Å²) in [7, 11) is 0. The van der Waals surface area contributed by atoms with E-state index < -0.39 is 11.6 Å². The van der Waals surface area contributed by atoms with Crippen LogP contribution in [0.3, 0.4) is 0 Å². The molecule has 1 rings (SSSR count). The van der Waals surface area contributed by atoms with Gasteiger partial charge in [0.1, 0.15) is 11.6 Å². The van der Waals surface area contributed by atoms with Crippen LogP contribution >= 0.6 is 0 Å². The van der Waals surface area contributed by atoms with Gasteiger partial charge in [-0.15, -0.1) is 0 Å². The van der Waals surface area contributed by atoms with Crippen LogP contribution in [0.15, 0.2) is 18.2 Å². The zero-order chi connectivity index (χ0) is 16.0. The standard InChI is InChI=1S/C17H25F2NO/c1-5-20-16(21)13(11-17(2,3)4)7-6-12-8-14(18)10-15(19)9-12/h8-10,13H,5-7,11H2,1-4H3,(H,20,21). The molecule has 1 aromatic rings. The number of hydrogen-bond acceptors (Lipinski definition) is 1. The lowest BCUT2D eigenvalue weighted by Gasteiger charge is -2.25. The molecule has 4 heteroatoms. The van der Waals surface area contributed by atoms with E-state index in [0.717, 1.165) is 12.5 Å². The van der Waals surface area contributed by atoms with Crippen molar-refractivity contribution < 1.29 is 13.6 Å². The predicted molar refractivity (Wildman–Crippen MR) is 80.9 cm³/mol. The molecule has 1 unspecified atom stereocenters. The van der Waals surface area contributed by atoms with Crippen LogP contribution in [0.25, 0.3) is 0 Å². The maximum absolute atomic E-state index is 13.2. The summed E-state index contributed by atoms with van der Waals surface area (Å²) in [4.78, 5) is 12.1. The average molecular weight is 297 g/mol. The highest BCUT2D eigenvalue weighted by atomic mass is 19.1. The first-order valence-corrected chi connectivity index (χ1v) is 7.44. The first kappa shape index (κ1) is 17.6. The highest BCUT2D eigenvalue weighted by Gasteiger charge is 2.24. The number of hydrogen-bond donors (Lipinski definition) is 1. The van der Waals surface area contributed by atoms with Gasteiger partial charge in [0.15, 0.2) is 0 Å². The van der Waals surface area contributed by atoms with E-state index in [1.54, 1.807) is 0 Å². The molecule has 1 amide bonds. The summed E-state index contributed by atoms with van der Waals surface area (Å²) in [6.45, 7) is 8.73. The molecule has 1 N–H and O–H groups in total. The second-order valence-corrected chi connectivity index (χ2v) is 6.67. The molecular weight excluding hydrogens is 272 g/mol. The van der Waals surface area contributed by atoms with Crippen molar-refractivity contribution >= 4 is 5.91 Å². The molecule has 0 saturated carbocycles. The minimum absolute atomic E-state index is 0.0179. The number of nitrogens with one attached hydrogen (secondary N) is 1. The minimum Gasteiger partial charge on any atom is -0.356 e. The lowest BCUT2D eigenvalue weighted by molar-refractivity contribution is -0.126. The Morgan fingerprint density at radius 3 is 2.24 bits per heavy atom. The van der Waals surface area contributed by atoms with Gasteiger partial charge in [0.25, 0.3) is 0 Å². The second-order valence-electron chi connectivity index (χ2n) is 6.67. The number of carbonyl (C=O) groups excluding carboxylic acids is 1. The zero-order valence-corrected chi connectivity index (χ0v) is 13.3. The van der Waals surface area contributed by atoms with Crippen molar-refractivity contribution in [2.45, 2.75) is 47.0 Å². The number of carbonyl (C=O) groups is 1. The molecule has 2 nitrogen and oxygen atoms in total. The van der Waals surface area contributed by atoms with E-state index in [4.69, 9.17) is 0 Å². The average Bonchev–Trinajstić information content (AvgIpc) is 2.32. The first-order valence-electron chi connectivity index (χ1n) is 7.44. The van der Waals surface area contributed by atoms with Crippen molar-refractivity contribution in [1.82, 2.24) is 5.32 Å². The van der Waals surface area contributed by atoms with Crippen molar-refractivity contribution in [3.8, 4) is 0 Å². The summed E-state index contributed by atoms with van der Waals surface area (Å²) in [5.41, 5.74) is 0.624. The Labute approximate surface area is 125 Å². The zero-order valence-electron chi connectivity index (χ0n) is 13.3. The van der Waals surface area contributed by atoms with Crippen LogP contribution in [0.5, 0.6) is 0 Å². The van der Waals surface area contributed by atoms with Gasteiger partial charge in [-0.25, -0.2) is 8.78 Å². The van der Waals surface area contributed by atoms with Crippen molar-refractivity contribution in [1.29, 1.82) is 0 Å². The number of halogens is 2. The lowest BCUT2D eigenvalue weighted by Crippen LogP contribution is -2.33. The summed E-state index contributed by atoms with van der Waals surface area (Å²) in [5.74, 6) is -1.27. The van der Waals surface area contributed by atoms with E-state index in [-0.39, 0.29) is 17.2 Å². The van der Waals surface area contributed by atoms with Gasteiger partial charge in [0, 0.05) is 18.5 Å². The lowest BCUT2D eigenvalue weighted by atomic mass is 9.81. The second kappa shape index (κ2) is 7.53. The number of aryl methyl sites for hydroxylation is 1. The van der Waals surface area contributed by atoms with Crippen molar-refractivity contribution in [3.63, 3.8) is 0 Å². The smallest absolute Gasteiger partial charge is 0.223 e. The Balaban J connectivity index is 2.74. The van der Waals surface area contributed by atoms with E-state index >= 15 is 0 Å². The SMILES string of the molecule is CCNC(=O)C(CCc1cc(F)cc(F)c1)CC(C)(C)C. The topological polar surface area (TPSA) is 29.1 Å². The first-order chi connectivity index (χ1) is 9.71. The molecule has 1 aromatic carbocycles. The molecule has 0 bridgehead atoms. The van der Waals surface area contributed by atoms with Crippen molar-refractivity contribution in [3.05, 3.63) is 35.4 Å². The minimum atomic E-state index is -0.574. The third-order valence-corrected chi connectivity index (χ3v) is 3.28. The molecule has 0 spiro atoms. The van der Waals surface area contributed by atoms with Gasteiger partial charge in [0.2, 0.25) is 5.91 Å². The van der Waals surface area contributed by atoms with Crippen LogP contribution < -0.4 is 5.32 Å². The van der Waals surface area contributed by atoms with Crippen LogP contribution in [0, 0.1) is 23.0 Å². The Morgan fingerprint density at radius 2 is 1.76 bits per heavy atom. The summed E-state index contributed by atoms with van der Waals surface area (Å²) in [6, 6.07) is 3.52. The van der Waals surface area contributed by atoms with Crippen LogP contribution in [-0.4, -0.2) is 12.5 Å². The van der Waals surface area contributed by atoms with Gasteiger partial charge < -0.3 is 5.32 Å². The highest BCUT2D eigenvalue weighted by molar-refractivity contribution is 5.78. The van der Waals surface area contributed by atoms with Crippen LogP contribution in [-0.2, 0) is 11.2 Å². The largest absolute Gasteiger partial charge is 0.356 e. The molecule has 0 aliphatic heterocycles. The Hall–Kier alpha value is -1.45. The normalized spacial score (nSPS) is 13.0. The van der Waals surface area contributed by atoms with Gasteiger partial charge in [-0.2, -0.15) is 0 Å². The maximum Gasteiger partial charge on any atom is 0.223 e. The Bertz CT molecular complexity index is 460. The van der Waals surface area contributed by atoms with Crippen LogP contribution in [0.1, 0.15) is 46.1 Å². The third kappa shape index (κ3) is 6.69. The van der Waals surface area contributed by atoms with Gasteiger partial charge in [-0.05, 0) is 49.3 Å². The fraction of sp³-hybridized carbons (Fsp3) is 0.588. The molecule has 0 heterocycles. The van der Waals surface area contributed by atoms with Crippen LogP contribution in [0.2, 0.25) is 0 Å². The van der Waals surface area contributed by atoms with E-state index in [9.17, 15) is 13.6 Å². The molecule has 118 valence electrons. The summed E-state index contributed by atoms with van der Waals surface area (Å²) in [5, 5.41) is 2.84. The fourth-order valence-corrected chi connectivity index (χ4v) is 2.48. The quantitative estimate of drug-likeness (QED) is 0.842. The van der Waals surface area contributed by atoms with Gasteiger partial charge >= 0.3 is 0 Å². The molecule has 0 fully saturated rings. The van der Waals surface area contributed by atoms with E-state index in [0.29, 0.717) is 24.9 Å². The number of amides is 1. The number of rotatable bonds is 6. The van der Waals surface area contributed by atoms with E-state index in [1.165, 1.54) is 12.1 Å². The highest BCUT2D eigenvalue weighted by Crippen LogP contribution is 2.27. The molecule has 0 aliphatic rings. The van der Waals surface area contributed by atoms with Gasteiger partial charge in [0.05, 0.1) is 0 Å². The van der Waals surface area contributed by atoms with Gasteiger partial charge in [-0.3, -0.25) is 4.79 Å². The molecule has 0 aromatic heterocycles.